The van der Waals surface area contributed by atoms with Crippen molar-refractivity contribution in [3.05, 3.63) is 28.0 Å². The Hall–Kier alpha value is -2.74. The van der Waals surface area contributed by atoms with E-state index in [0.29, 0.717) is 19.6 Å². The van der Waals surface area contributed by atoms with Gasteiger partial charge in [-0.2, -0.15) is 0 Å². The molecule has 8 nitrogen and oxygen atoms in total. The fourth-order valence-corrected chi connectivity index (χ4v) is 3.27. The highest BCUT2D eigenvalue weighted by Gasteiger charge is 2.25. The van der Waals surface area contributed by atoms with Gasteiger partial charge in [-0.3, -0.25) is 4.79 Å². The van der Waals surface area contributed by atoms with Crippen LogP contribution in [0, 0.1) is 0 Å². The van der Waals surface area contributed by atoms with Crippen molar-refractivity contribution >= 4 is 22.6 Å². The number of hydrogen-bond donors (Lipinski definition) is 3. The van der Waals surface area contributed by atoms with Crippen LogP contribution in [0.25, 0.3) is 10.9 Å². The van der Waals surface area contributed by atoms with Gasteiger partial charge in [0.2, 0.25) is 5.43 Å². The highest BCUT2D eigenvalue weighted by atomic mass is 16.4. The van der Waals surface area contributed by atoms with E-state index in [9.17, 15) is 24.9 Å². The highest BCUT2D eigenvalue weighted by molar-refractivity contribution is 5.98. The molecule has 1 aromatic carbocycles. The Morgan fingerprint density at radius 1 is 1.20 bits per heavy atom. The van der Waals surface area contributed by atoms with Crippen LogP contribution in [-0.4, -0.2) is 64.0 Å². The molecule has 1 aliphatic heterocycles. The molecule has 1 fully saturated rings. The van der Waals surface area contributed by atoms with Crippen molar-refractivity contribution in [2.75, 3.05) is 38.1 Å². The van der Waals surface area contributed by atoms with Crippen LogP contribution in [0.1, 0.15) is 17.3 Å². The van der Waals surface area contributed by atoms with Crippen LogP contribution in [0.3, 0.4) is 0 Å². The SMILES string of the molecule is CCn1cc(C(=O)O)c(=O)c2cc(O)c(N3CCN(C)CC3)c(O)c21. The molecule has 3 N–H and O–H groups in total. The summed E-state index contributed by atoms with van der Waals surface area (Å²) in [5, 5.41) is 30.4. The molecule has 0 aliphatic carbocycles. The van der Waals surface area contributed by atoms with Crippen LogP contribution in [-0.2, 0) is 6.54 Å². The summed E-state index contributed by atoms with van der Waals surface area (Å²) in [4.78, 5) is 27.8. The number of carbonyl (C=O) groups is 1. The topological polar surface area (TPSA) is 106 Å². The van der Waals surface area contributed by atoms with E-state index in [1.54, 1.807) is 6.92 Å². The van der Waals surface area contributed by atoms with Gasteiger partial charge in [0.15, 0.2) is 5.75 Å². The number of nitrogens with zero attached hydrogens (tertiary/aromatic N) is 3. The number of carboxylic acids is 1. The van der Waals surface area contributed by atoms with Crippen LogP contribution in [0.15, 0.2) is 17.1 Å². The number of aromatic nitrogens is 1. The minimum Gasteiger partial charge on any atom is -0.506 e. The summed E-state index contributed by atoms with van der Waals surface area (Å²) in [5.74, 6) is -1.76. The highest BCUT2D eigenvalue weighted by Crippen LogP contribution is 2.42. The number of benzene rings is 1. The number of phenols is 2. The van der Waals surface area contributed by atoms with Crippen molar-refractivity contribution in [1.82, 2.24) is 9.47 Å². The zero-order valence-corrected chi connectivity index (χ0v) is 14.2. The van der Waals surface area contributed by atoms with Crippen molar-refractivity contribution in [2.24, 2.45) is 0 Å². The largest absolute Gasteiger partial charge is 0.506 e. The Morgan fingerprint density at radius 3 is 2.40 bits per heavy atom. The van der Waals surface area contributed by atoms with Crippen molar-refractivity contribution in [3.8, 4) is 11.5 Å². The molecule has 1 aliphatic rings. The van der Waals surface area contributed by atoms with E-state index in [0.717, 1.165) is 13.1 Å². The first kappa shape index (κ1) is 17.1. The molecule has 134 valence electrons. The van der Waals surface area contributed by atoms with Gasteiger partial charge in [0, 0.05) is 38.9 Å². The fraction of sp³-hybridized carbons (Fsp3) is 0.412. The normalized spacial score (nSPS) is 15.7. The lowest BCUT2D eigenvalue weighted by molar-refractivity contribution is 0.0694. The van der Waals surface area contributed by atoms with E-state index in [-0.39, 0.29) is 33.7 Å². The molecule has 0 spiro atoms. The Bertz CT molecular complexity index is 898. The number of phenolic OH excluding ortho intramolecular Hbond substituents is 2. The van der Waals surface area contributed by atoms with E-state index in [1.807, 2.05) is 11.9 Å². The molecule has 1 aromatic heterocycles. The fourth-order valence-electron chi connectivity index (χ4n) is 3.27. The van der Waals surface area contributed by atoms with Gasteiger partial charge in [0.1, 0.15) is 17.0 Å². The number of carboxylic acid groups (broad SMARTS) is 1. The Labute approximate surface area is 144 Å². The van der Waals surface area contributed by atoms with Gasteiger partial charge in [-0.1, -0.05) is 0 Å². The van der Waals surface area contributed by atoms with Gasteiger partial charge < -0.3 is 29.7 Å². The van der Waals surface area contributed by atoms with Gasteiger partial charge in [-0.15, -0.1) is 0 Å². The second-order valence-electron chi connectivity index (χ2n) is 6.24. The monoisotopic (exact) mass is 347 g/mol. The van der Waals surface area contributed by atoms with Crippen molar-refractivity contribution in [2.45, 2.75) is 13.5 Å². The predicted octanol–water partition coefficient (Wildman–Crippen LogP) is 0.883. The lowest BCUT2D eigenvalue weighted by Crippen LogP contribution is -2.44. The predicted molar refractivity (Wildman–Crippen MR) is 93.9 cm³/mol. The average molecular weight is 347 g/mol. The van der Waals surface area contributed by atoms with Crippen molar-refractivity contribution in [1.29, 1.82) is 0 Å². The van der Waals surface area contributed by atoms with Gasteiger partial charge >= 0.3 is 5.97 Å². The van der Waals surface area contributed by atoms with Crippen LogP contribution < -0.4 is 10.3 Å². The molecule has 0 bridgehead atoms. The maximum atomic E-state index is 12.4. The lowest BCUT2D eigenvalue weighted by Gasteiger charge is -2.34. The Morgan fingerprint density at radius 2 is 1.84 bits per heavy atom. The first-order valence-corrected chi connectivity index (χ1v) is 8.14. The average Bonchev–Trinajstić information content (AvgIpc) is 2.57. The maximum absolute atomic E-state index is 12.4. The molecule has 1 saturated heterocycles. The first-order valence-electron chi connectivity index (χ1n) is 8.14. The summed E-state index contributed by atoms with van der Waals surface area (Å²) in [7, 11) is 2.00. The van der Waals surface area contributed by atoms with E-state index < -0.39 is 11.4 Å². The molecule has 3 rings (SSSR count). The van der Waals surface area contributed by atoms with E-state index in [1.165, 1.54) is 16.8 Å². The number of fused-ring (bicyclic) bond motifs is 1. The summed E-state index contributed by atoms with van der Waals surface area (Å²) < 4.78 is 1.52. The number of pyridine rings is 1. The number of hydrogen-bond acceptors (Lipinski definition) is 6. The zero-order valence-electron chi connectivity index (χ0n) is 14.2. The minimum atomic E-state index is -1.34. The molecule has 0 atom stereocenters. The number of anilines is 1. The summed E-state index contributed by atoms with van der Waals surface area (Å²) in [6.45, 7) is 5.00. The number of aryl methyl sites for hydroxylation is 1. The van der Waals surface area contributed by atoms with Gasteiger partial charge in [0.25, 0.3) is 0 Å². The quantitative estimate of drug-likeness (QED) is 0.757. The third kappa shape index (κ3) is 2.78. The lowest BCUT2D eigenvalue weighted by atomic mass is 10.1. The van der Waals surface area contributed by atoms with E-state index in [2.05, 4.69) is 4.90 Å². The number of piperazine rings is 1. The van der Waals surface area contributed by atoms with E-state index in [4.69, 9.17) is 0 Å². The van der Waals surface area contributed by atoms with Crippen molar-refractivity contribution in [3.63, 3.8) is 0 Å². The molecule has 25 heavy (non-hydrogen) atoms. The zero-order chi connectivity index (χ0) is 18.3. The summed E-state index contributed by atoms with van der Waals surface area (Å²) >= 11 is 0. The van der Waals surface area contributed by atoms with Crippen LogP contribution in [0.5, 0.6) is 11.5 Å². The molecule has 2 heterocycles. The first-order chi connectivity index (χ1) is 11.8. The molecule has 2 aromatic rings. The molecule has 0 unspecified atom stereocenters. The number of rotatable bonds is 3. The van der Waals surface area contributed by atoms with Crippen LogP contribution in [0.2, 0.25) is 0 Å². The minimum absolute atomic E-state index is 0.00497. The second kappa shape index (κ2) is 6.29. The van der Waals surface area contributed by atoms with Crippen LogP contribution >= 0.6 is 0 Å². The molecule has 0 saturated carbocycles. The van der Waals surface area contributed by atoms with Gasteiger partial charge in [-0.25, -0.2) is 4.79 Å². The molecule has 8 heteroatoms. The molecular formula is C17H21N3O5. The Kier molecular flexibility index (Phi) is 4.30. The number of aromatic hydroxyl groups is 2. The Balaban J connectivity index is 2.28. The summed E-state index contributed by atoms with van der Waals surface area (Å²) in [6.07, 6.45) is 1.23. The smallest absolute Gasteiger partial charge is 0.341 e. The van der Waals surface area contributed by atoms with Gasteiger partial charge in [0.05, 0.1) is 10.9 Å². The molecule has 0 amide bonds. The standard InChI is InChI=1S/C17H21N3O5/c1-3-19-9-11(17(24)25)15(22)10-8-12(21)14(16(23)13(10)19)20-6-4-18(2)5-7-20/h8-9,21,23H,3-7H2,1-2H3,(H,24,25). The molecule has 0 radical (unpaired) electrons. The van der Waals surface area contributed by atoms with Gasteiger partial charge in [-0.05, 0) is 20.0 Å². The molecular weight excluding hydrogens is 326 g/mol. The number of aromatic carboxylic acids is 1. The van der Waals surface area contributed by atoms with Crippen molar-refractivity contribution < 1.29 is 20.1 Å². The second-order valence-corrected chi connectivity index (χ2v) is 6.24. The van der Waals surface area contributed by atoms with E-state index >= 15 is 0 Å². The summed E-state index contributed by atoms with van der Waals surface area (Å²) in [5.41, 5.74) is -0.585. The third-order valence-corrected chi connectivity index (χ3v) is 4.68. The van der Waals surface area contributed by atoms with Crippen LogP contribution in [0.4, 0.5) is 5.69 Å². The third-order valence-electron chi connectivity index (χ3n) is 4.68. The number of likely N-dealkylation sites (N-methyl/N-ethyl adjacent to an activating group) is 1. The maximum Gasteiger partial charge on any atom is 0.341 e. The summed E-state index contributed by atoms with van der Waals surface area (Å²) in [6, 6.07) is 1.25.